The first kappa shape index (κ1) is 22.5. The van der Waals surface area contributed by atoms with Gasteiger partial charge in [0.2, 0.25) is 0 Å². The number of carbonyl (C=O) groups is 1. The summed E-state index contributed by atoms with van der Waals surface area (Å²) in [5, 5.41) is 3.79. The van der Waals surface area contributed by atoms with Crippen LogP contribution in [0.5, 0.6) is 5.75 Å². The minimum absolute atomic E-state index is 0.00160. The molecule has 2 aromatic rings. The molecule has 5 rings (SSSR count). The van der Waals surface area contributed by atoms with Crippen LogP contribution in [0, 0.1) is 5.92 Å². The molecule has 0 aromatic heterocycles. The fourth-order valence-corrected chi connectivity index (χ4v) is 6.35. The smallest absolute Gasteiger partial charge is 0.155 e. The monoisotopic (exact) mass is 446 g/mol. The average Bonchev–Trinajstić information content (AvgIpc) is 2.90. The number of ether oxygens (including phenoxy) is 1. The van der Waals surface area contributed by atoms with E-state index < -0.39 is 0 Å². The highest BCUT2D eigenvalue weighted by molar-refractivity contribution is 5.88. The van der Waals surface area contributed by atoms with E-state index in [0.29, 0.717) is 11.7 Å². The molecule has 0 amide bonds. The second-order valence-electron chi connectivity index (χ2n) is 10.2. The number of anilines is 1. The summed E-state index contributed by atoms with van der Waals surface area (Å²) >= 11 is 0. The largest absolute Gasteiger partial charge is 0.497 e. The summed E-state index contributed by atoms with van der Waals surface area (Å²) in [5.41, 5.74) is 4.01. The third-order valence-corrected chi connectivity index (χ3v) is 8.27. The molecule has 3 aliphatic rings. The molecule has 1 N–H and O–H groups in total. The average molecular weight is 447 g/mol. The van der Waals surface area contributed by atoms with Crippen LogP contribution >= 0.6 is 0 Å². The first-order valence-corrected chi connectivity index (χ1v) is 13.0. The van der Waals surface area contributed by atoms with E-state index in [4.69, 9.17) is 4.74 Å². The molecule has 176 valence electrons. The van der Waals surface area contributed by atoms with Gasteiger partial charge >= 0.3 is 0 Å². The number of likely N-dealkylation sites (tertiary alicyclic amines) is 1. The lowest BCUT2D eigenvalue weighted by Gasteiger charge is -2.43. The fourth-order valence-electron chi connectivity index (χ4n) is 6.35. The van der Waals surface area contributed by atoms with Gasteiger partial charge in [0, 0.05) is 17.6 Å². The normalized spacial score (nSPS) is 23.4. The highest BCUT2D eigenvalue weighted by Crippen LogP contribution is 2.35. The van der Waals surface area contributed by atoms with E-state index in [1.807, 2.05) is 0 Å². The Kier molecular flexibility index (Phi) is 7.01. The van der Waals surface area contributed by atoms with Crippen molar-refractivity contribution in [3.8, 4) is 5.75 Å². The Morgan fingerprint density at radius 2 is 1.67 bits per heavy atom. The first-order chi connectivity index (χ1) is 16.2. The summed E-state index contributed by atoms with van der Waals surface area (Å²) in [7, 11) is 1.72. The molecule has 2 aromatic carbocycles. The van der Waals surface area contributed by atoms with E-state index in [9.17, 15) is 4.79 Å². The fraction of sp³-hybridized carbons (Fsp3) is 0.552. The summed E-state index contributed by atoms with van der Waals surface area (Å²) in [6.07, 6.45) is 10.2. The number of methoxy groups -OCH3 is 1. The van der Waals surface area contributed by atoms with E-state index in [1.54, 1.807) is 7.11 Å². The SMILES string of the molecule is COc1ccc(C2CCN(C(C(=O)C3CCCCC3)C3CCc4ccccc4N3)CC2)cc1. The minimum atomic E-state index is -0.00160. The zero-order valence-electron chi connectivity index (χ0n) is 20.0. The van der Waals surface area contributed by atoms with Crippen LogP contribution in [0.15, 0.2) is 48.5 Å². The van der Waals surface area contributed by atoms with Crippen molar-refractivity contribution < 1.29 is 9.53 Å². The van der Waals surface area contributed by atoms with Gasteiger partial charge in [-0.25, -0.2) is 0 Å². The molecule has 2 fully saturated rings. The third kappa shape index (κ3) is 4.96. The topological polar surface area (TPSA) is 41.6 Å². The Balaban J connectivity index is 1.32. The molecule has 1 saturated heterocycles. The Morgan fingerprint density at radius 1 is 0.939 bits per heavy atom. The number of rotatable bonds is 6. The number of carbonyl (C=O) groups excluding carboxylic acids is 1. The van der Waals surface area contributed by atoms with Crippen molar-refractivity contribution in [2.75, 3.05) is 25.5 Å². The van der Waals surface area contributed by atoms with Crippen molar-refractivity contribution in [2.45, 2.75) is 75.8 Å². The summed E-state index contributed by atoms with van der Waals surface area (Å²) in [6, 6.07) is 17.4. The van der Waals surface area contributed by atoms with Crippen molar-refractivity contribution in [3.05, 3.63) is 59.7 Å². The van der Waals surface area contributed by atoms with E-state index in [1.165, 1.54) is 36.1 Å². The van der Waals surface area contributed by atoms with Crippen LogP contribution in [0.3, 0.4) is 0 Å². The molecular weight excluding hydrogens is 408 g/mol. The van der Waals surface area contributed by atoms with Gasteiger partial charge in [-0.05, 0) is 86.9 Å². The van der Waals surface area contributed by atoms with E-state index in [2.05, 4.69) is 58.7 Å². The molecule has 0 radical (unpaired) electrons. The van der Waals surface area contributed by atoms with Gasteiger partial charge in [0.1, 0.15) is 5.75 Å². The van der Waals surface area contributed by atoms with Crippen molar-refractivity contribution in [3.63, 3.8) is 0 Å². The Hall–Kier alpha value is -2.33. The van der Waals surface area contributed by atoms with Gasteiger partial charge < -0.3 is 10.1 Å². The maximum Gasteiger partial charge on any atom is 0.155 e. The molecule has 1 aliphatic carbocycles. The van der Waals surface area contributed by atoms with Crippen molar-refractivity contribution >= 4 is 11.5 Å². The number of nitrogens with one attached hydrogen (secondary N) is 1. The second-order valence-corrected chi connectivity index (χ2v) is 10.2. The van der Waals surface area contributed by atoms with E-state index >= 15 is 0 Å². The molecule has 4 nitrogen and oxygen atoms in total. The van der Waals surface area contributed by atoms with Gasteiger partial charge in [-0.2, -0.15) is 0 Å². The number of fused-ring (bicyclic) bond motifs is 1. The van der Waals surface area contributed by atoms with Gasteiger partial charge in [0.15, 0.2) is 5.78 Å². The number of benzene rings is 2. The lowest BCUT2D eigenvalue weighted by Crippen LogP contribution is -2.56. The number of para-hydroxylation sites is 1. The van der Waals surface area contributed by atoms with Crippen molar-refractivity contribution in [2.24, 2.45) is 5.92 Å². The molecule has 4 heteroatoms. The molecule has 0 spiro atoms. The van der Waals surface area contributed by atoms with Crippen LogP contribution in [-0.4, -0.2) is 43.0 Å². The Morgan fingerprint density at radius 3 is 2.39 bits per heavy atom. The number of aryl methyl sites for hydroxylation is 1. The second kappa shape index (κ2) is 10.3. The molecule has 2 atom stereocenters. The summed E-state index contributed by atoms with van der Waals surface area (Å²) in [4.78, 5) is 16.5. The number of hydrogen-bond acceptors (Lipinski definition) is 4. The van der Waals surface area contributed by atoms with Crippen molar-refractivity contribution in [1.82, 2.24) is 4.90 Å². The Labute approximate surface area is 198 Å². The summed E-state index contributed by atoms with van der Waals surface area (Å²) < 4.78 is 5.33. The molecule has 2 heterocycles. The Bertz CT molecular complexity index is 927. The standard InChI is InChI=1S/C29H38N2O2/c1-33-25-14-11-21(12-15-25)22-17-19-31(20-18-22)28(29(32)24-8-3-2-4-9-24)27-16-13-23-7-5-6-10-26(23)30-27/h5-7,10-12,14-15,22,24,27-28,30H,2-4,8-9,13,16-20H2,1H3. The van der Waals surface area contributed by atoms with Crippen LogP contribution in [0.1, 0.15) is 68.4 Å². The summed E-state index contributed by atoms with van der Waals surface area (Å²) in [6.45, 7) is 2.00. The number of nitrogens with zero attached hydrogens (tertiary/aromatic N) is 1. The molecule has 2 unspecified atom stereocenters. The maximum absolute atomic E-state index is 13.9. The van der Waals surface area contributed by atoms with Crippen LogP contribution in [0.4, 0.5) is 5.69 Å². The van der Waals surface area contributed by atoms with Crippen LogP contribution in [-0.2, 0) is 11.2 Å². The molecule has 33 heavy (non-hydrogen) atoms. The lowest BCUT2D eigenvalue weighted by molar-refractivity contribution is -0.130. The zero-order chi connectivity index (χ0) is 22.6. The van der Waals surface area contributed by atoms with Gasteiger partial charge in [-0.3, -0.25) is 9.69 Å². The maximum atomic E-state index is 13.9. The van der Waals surface area contributed by atoms with Crippen LogP contribution in [0.2, 0.25) is 0 Å². The lowest BCUT2D eigenvalue weighted by atomic mass is 9.79. The highest BCUT2D eigenvalue weighted by Gasteiger charge is 2.40. The van der Waals surface area contributed by atoms with Gasteiger partial charge in [-0.1, -0.05) is 49.6 Å². The summed E-state index contributed by atoms with van der Waals surface area (Å²) in [5.74, 6) is 2.24. The van der Waals surface area contributed by atoms with E-state index in [-0.39, 0.29) is 18.0 Å². The van der Waals surface area contributed by atoms with Crippen molar-refractivity contribution in [1.29, 1.82) is 0 Å². The molecule has 2 aliphatic heterocycles. The van der Waals surface area contributed by atoms with Gasteiger partial charge in [0.25, 0.3) is 0 Å². The molecule has 1 saturated carbocycles. The predicted molar refractivity (Wildman–Crippen MR) is 134 cm³/mol. The minimum Gasteiger partial charge on any atom is -0.497 e. The molecule has 0 bridgehead atoms. The van der Waals surface area contributed by atoms with Gasteiger partial charge in [0.05, 0.1) is 13.2 Å². The third-order valence-electron chi connectivity index (χ3n) is 8.27. The van der Waals surface area contributed by atoms with Crippen LogP contribution in [0.25, 0.3) is 0 Å². The highest BCUT2D eigenvalue weighted by atomic mass is 16.5. The molecular formula is C29H38N2O2. The van der Waals surface area contributed by atoms with Gasteiger partial charge in [-0.15, -0.1) is 0 Å². The number of ketones is 1. The predicted octanol–water partition coefficient (Wildman–Crippen LogP) is 5.82. The number of hydrogen-bond donors (Lipinski definition) is 1. The van der Waals surface area contributed by atoms with E-state index in [0.717, 1.165) is 57.4 Å². The van der Waals surface area contributed by atoms with Crippen LogP contribution < -0.4 is 10.1 Å². The number of Topliss-reactive ketones (excluding diaryl/α,β-unsaturated/α-hetero) is 1. The zero-order valence-corrected chi connectivity index (χ0v) is 20.0. The quantitative estimate of drug-likeness (QED) is 0.607. The number of piperidine rings is 1. The first-order valence-electron chi connectivity index (χ1n) is 13.0.